The Bertz CT molecular complexity index is 231. The molecule has 10 nitrogen and oxygen atoms in total. The van der Waals surface area contributed by atoms with E-state index in [-0.39, 0.29) is 105 Å². The van der Waals surface area contributed by atoms with Crippen LogP contribution in [0.2, 0.25) is 0 Å². The molecule has 0 radical (unpaired) electrons. The van der Waals surface area contributed by atoms with Gasteiger partial charge in [0, 0.05) is 0 Å². The van der Waals surface area contributed by atoms with Crippen molar-refractivity contribution in [3.05, 3.63) is 0 Å². The van der Waals surface area contributed by atoms with E-state index < -0.39 is 20.8 Å². The molecule has 0 aromatic heterocycles. The molecular weight excluding hydrogens is 291 g/mol. The molecule has 0 atom stereocenters. The second-order valence-electron chi connectivity index (χ2n) is 0.896. The van der Waals surface area contributed by atoms with Gasteiger partial charge in [-0.05, 0) is 0 Å². The first-order valence-electron chi connectivity index (χ1n) is 1.40. The maximum atomic E-state index is 8.74. The third kappa shape index (κ3) is 506. The monoisotopic (exact) mass is 303 g/mol. The summed E-state index contributed by atoms with van der Waals surface area (Å²) in [5, 5.41) is 0. The van der Waals surface area contributed by atoms with Crippen molar-refractivity contribution in [1.29, 1.82) is 0 Å². The second-order valence-corrected chi connectivity index (χ2v) is 2.69. The molecule has 86 valence electrons. The molecule has 0 heterocycles. The summed E-state index contributed by atoms with van der Waals surface area (Å²) in [5.41, 5.74) is 0. The minimum atomic E-state index is -4.67. The van der Waals surface area contributed by atoms with Crippen molar-refractivity contribution < 1.29 is 133 Å². The Morgan fingerprint density at radius 3 is 0.667 bits per heavy atom. The maximum Gasteiger partial charge on any atom is 1.00 e. The summed E-state index contributed by atoms with van der Waals surface area (Å²) in [6, 6.07) is 0. The van der Waals surface area contributed by atoms with Gasteiger partial charge < -0.3 is 15.9 Å². The van der Waals surface area contributed by atoms with Crippen LogP contribution in [-0.4, -0.2) is 40.5 Å². The first-order valence-corrected chi connectivity index (χ1v) is 4.19. The summed E-state index contributed by atoms with van der Waals surface area (Å²) in [6.07, 6.45) is 0. The molecule has 0 aliphatic rings. The molecule has 0 aliphatic heterocycles. The Hall–Kier alpha value is 2.66. The van der Waals surface area contributed by atoms with Gasteiger partial charge in [0.25, 0.3) is 0 Å². The SMILES string of the molecule is N.O.O=S(=O)(O)O.O=S(=O)(O)O.[H-].[H-].[H-].[Na+].[Na+].[Na+]. The first-order chi connectivity index (χ1) is 4.00. The summed E-state index contributed by atoms with van der Waals surface area (Å²) < 4.78 is 63.2. The minimum absolute atomic E-state index is 0. The maximum absolute atomic E-state index is 8.74. The topological polar surface area (TPSA) is 216 Å². The molecule has 0 saturated carbocycles. The van der Waals surface area contributed by atoms with Crippen LogP contribution < -0.4 is 94.8 Å². The summed E-state index contributed by atoms with van der Waals surface area (Å²) >= 11 is 0. The summed E-state index contributed by atoms with van der Waals surface area (Å²) in [5.74, 6) is 0. The van der Waals surface area contributed by atoms with Gasteiger partial charge in [-0.2, -0.15) is 16.8 Å². The van der Waals surface area contributed by atoms with Crippen LogP contribution in [0.4, 0.5) is 0 Å². The zero-order valence-electron chi connectivity index (χ0n) is 11.4. The van der Waals surface area contributed by atoms with Crippen LogP contribution in [0.3, 0.4) is 0 Å². The van der Waals surface area contributed by atoms with E-state index in [1.54, 1.807) is 0 Å². The fraction of sp³-hybridized carbons (Fsp3) is 0. The van der Waals surface area contributed by atoms with E-state index in [0.717, 1.165) is 0 Å². The van der Waals surface area contributed by atoms with Gasteiger partial charge in [0.2, 0.25) is 0 Å². The Morgan fingerprint density at radius 1 is 0.667 bits per heavy atom. The van der Waals surface area contributed by atoms with Crippen LogP contribution in [-0.2, 0) is 20.8 Å². The predicted octanol–water partition coefficient (Wildman–Crippen LogP) is -10.6. The van der Waals surface area contributed by atoms with Gasteiger partial charge in [-0.3, -0.25) is 18.2 Å². The zero-order valence-corrected chi connectivity index (χ0v) is 16.1. The molecule has 0 aromatic carbocycles. The fourth-order valence-electron chi connectivity index (χ4n) is 0. The van der Waals surface area contributed by atoms with Gasteiger partial charge in [-0.25, -0.2) is 0 Å². The third-order valence-corrected chi connectivity index (χ3v) is 0. The van der Waals surface area contributed by atoms with Crippen LogP contribution in [0, 0.1) is 0 Å². The van der Waals surface area contributed by atoms with Crippen LogP contribution >= 0.6 is 0 Å². The molecule has 0 aliphatic carbocycles. The molecule has 15 heavy (non-hydrogen) atoms. The molecule has 0 unspecified atom stereocenters. The second kappa shape index (κ2) is 19.0. The van der Waals surface area contributed by atoms with E-state index in [1.807, 2.05) is 0 Å². The van der Waals surface area contributed by atoms with Gasteiger partial charge in [0.05, 0.1) is 0 Å². The summed E-state index contributed by atoms with van der Waals surface area (Å²) in [4.78, 5) is 0. The van der Waals surface area contributed by atoms with Crippen LogP contribution in [0.25, 0.3) is 0 Å². The molecule has 0 amide bonds. The molecule has 15 heteroatoms. The van der Waals surface area contributed by atoms with E-state index in [2.05, 4.69) is 0 Å². The molecular formula is H12NNa3O9S2. The van der Waals surface area contributed by atoms with E-state index in [1.165, 1.54) is 0 Å². The van der Waals surface area contributed by atoms with E-state index in [9.17, 15) is 0 Å². The Kier molecular flexibility index (Phi) is 54.7. The van der Waals surface area contributed by atoms with E-state index in [4.69, 9.17) is 35.0 Å². The molecule has 0 aromatic rings. The van der Waals surface area contributed by atoms with Crippen molar-refractivity contribution in [3.63, 3.8) is 0 Å². The van der Waals surface area contributed by atoms with Gasteiger partial charge in [-0.1, -0.05) is 0 Å². The molecule has 0 fully saturated rings. The van der Waals surface area contributed by atoms with Gasteiger partial charge in [0.1, 0.15) is 0 Å². The fourth-order valence-corrected chi connectivity index (χ4v) is 0. The standard InChI is InChI=1S/H3N.3Na.2H2O4S.H2O.3H/c;;;;2*1-5(2,3)4;;;;/h1H3;;;;2*(H2,1,2,3,4);1H2;;;/q;3*+1;;;;3*-1. The van der Waals surface area contributed by atoms with Crippen molar-refractivity contribution >= 4 is 20.8 Å². The van der Waals surface area contributed by atoms with Crippen LogP contribution in [0.15, 0.2) is 0 Å². The van der Waals surface area contributed by atoms with Gasteiger partial charge >= 0.3 is 109 Å². The number of rotatable bonds is 0. The normalized spacial score (nSPS) is 7.73. The number of hydrogen-bond acceptors (Lipinski definition) is 5. The van der Waals surface area contributed by atoms with E-state index in [0.29, 0.717) is 0 Å². The Balaban J connectivity index is -0.00000000615. The zero-order chi connectivity index (χ0) is 9.00. The van der Waals surface area contributed by atoms with Crippen molar-refractivity contribution in [1.82, 2.24) is 6.15 Å². The largest absolute Gasteiger partial charge is 1.00 e. The van der Waals surface area contributed by atoms with Crippen molar-refractivity contribution in [2.75, 3.05) is 0 Å². The van der Waals surface area contributed by atoms with Crippen LogP contribution in [0.1, 0.15) is 4.28 Å². The minimum Gasteiger partial charge on any atom is -1.00 e. The average molecular weight is 303 g/mol. The van der Waals surface area contributed by atoms with Crippen molar-refractivity contribution in [2.45, 2.75) is 0 Å². The first kappa shape index (κ1) is 43.1. The van der Waals surface area contributed by atoms with Crippen molar-refractivity contribution in [3.8, 4) is 0 Å². The third-order valence-electron chi connectivity index (χ3n) is 0. The quantitative estimate of drug-likeness (QED) is 0.211. The summed E-state index contributed by atoms with van der Waals surface area (Å²) in [6.45, 7) is 0. The summed E-state index contributed by atoms with van der Waals surface area (Å²) in [7, 11) is -9.33. The average Bonchev–Trinajstić information content (AvgIpc) is 1.12. The molecule has 0 spiro atoms. The van der Waals surface area contributed by atoms with Gasteiger partial charge in [0.15, 0.2) is 0 Å². The predicted molar refractivity (Wildman–Crippen MR) is 40.3 cm³/mol. The van der Waals surface area contributed by atoms with Crippen LogP contribution in [0.5, 0.6) is 0 Å². The Morgan fingerprint density at radius 2 is 0.667 bits per heavy atom. The van der Waals surface area contributed by atoms with Crippen molar-refractivity contribution in [2.24, 2.45) is 0 Å². The van der Waals surface area contributed by atoms with E-state index >= 15 is 0 Å². The molecule has 0 rings (SSSR count). The smallest absolute Gasteiger partial charge is 1.00 e. The molecule has 0 saturated heterocycles. The number of hydrogen-bond donors (Lipinski definition) is 5. The van der Waals surface area contributed by atoms with Gasteiger partial charge in [-0.15, -0.1) is 0 Å². The molecule has 0 bridgehead atoms. The molecule has 9 N–H and O–H groups in total. The Labute approximate surface area is 158 Å².